The molecule has 10 heteroatoms. The van der Waals surface area contributed by atoms with Crippen molar-refractivity contribution in [3.05, 3.63) is 29.1 Å². The Hall–Kier alpha value is -1.45. The van der Waals surface area contributed by atoms with Crippen LogP contribution in [0.4, 0.5) is 26.3 Å². The first-order valence-electron chi connectivity index (χ1n) is 4.55. The zero-order valence-corrected chi connectivity index (χ0v) is 9.95. The average Bonchev–Trinajstić information content (AvgIpc) is 2.20. The van der Waals surface area contributed by atoms with Gasteiger partial charge in [-0.3, -0.25) is 0 Å². The molecule has 0 aliphatic heterocycles. The van der Waals surface area contributed by atoms with E-state index in [9.17, 15) is 34.8 Å². The Morgan fingerprint density at radius 1 is 1.21 bits per heavy atom. The molecule has 1 rings (SSSR count). The third kappa shape index (κ3) is 3.11. The van der Waals surface area contributed by atoms with Gasteiger partial charge < -0.3 is 4.18 Å². The molecule has 1 aromatic rings. The highest BCUT2D eigenvalue weighted by Crippen LogP contribution is 2.34. The van der Waals surface area contributed by atoms with E-state index in [0.717, 1.165) is 13.0 Å². The molecular weight excluding hydrogens is 302 g/mol. The Labute approximate surface area is 103 Å². The molecule has 0 saturated carbocycles. The van der Waals surface area contributed by atoms with Crippen LogP contribution < -0.4 is 4.18 Å². The minimum absolute atomic E-state index is 0.246. The average molecular weight is 308 g/mol. The van der Waals surface area contributed by atoms with Gasteiger partial charge in [0.15, 0.2) is 11.6 Å². The quantitative estimate of drug-likeness (QED) is 0.489. The van der Waals surface area contributed by atoms with Gasteiger partial charge in [-0.2, -0.15) is 21.6 Å². The van der Waals surface area contributed by atoms with Gasteiger partial charge in [-0.05, 0) is 18.6 Å². The van der Waals surface area contributed by atoms with Crippen LogP contribution in [-0.4, -0.2) is 13.9 Å². The second kappa shape index (κ2) is 4.91. The Bertz CT molecular complexity index is 578. The molecule has 0 aliphatic rings. The summed E-state index contributed by atoms with van der Waals surface area (Å²) in [5.74, 6) is -3.28. The molecule has 0 heterocycles. The van der Waals surface area contributed by atoms with E-state index in [2.05, 4.69) is 4.18 Å². The summed E-state index contributed by atoms with van der Waals surface area (Å²) in [5, 5.41) is 0. The van der Waals surface area contributed by atoms with E-state index in [4.69, 9.17) is 0 Å². The van der Waals surface area contributed by atoms with E-state index < -0.39 is 39.2 Å². The van der Waals surface area contributed by atoms with E-state index in [1.54, 1.807) is 0 Å². The normalized spacial score (nSPS) is 12.8. The van der Waals surface area contributed by atoms with E-state index in [1.807, 2.05) is 0 Å². The summed E-state index contributed by atoms with van der Waals surface area (Å²) in [6.45, 7) is 1.09. The van der Waals surface area contributed by atoms with Crippen molar-refractivity contribution in [3.63, 3.8) is 0 Å². The number of alkyl halides is 5. The van der Waals surface area contributed by atoms with Crippen LogP contribution in [-0.2, 0) is 10.1 Å². The monoisotopic (exact) mass is 308 g/mol. The number of hydrogen-bond donors (Lipinski definition) is 0. The van der Waals surface area contributed by atoms with Crippen molar-refractivity contribution < 1.29 is 38.9 Å². The summed E-state index contributed by atoms with van der Waals surface area (Å²) < 4.78 is 99.2. The van der Waals surface area contributed by atoms with E-state index >= 15 is 0 Å². The number of hydrogen-bond acceptors (Lipinski definition) is 3. The molecular formula is C9H6F6O3S. The highest BCUT2D eigenvalue weighted by Gasteiger charge is 2.49. The van der Waals surface area contributed by atoms with E-state index in [-0.39, 0.29) is 5.56 Å². The van der Waals surface area contributed by atoms with Crippen molar-refractivity contribution in [2.45, 2.75) is 18.9 Å². The zero-order chi connectivity index (χ0) is 15.0. The summed E-state index contributed by atoms with van der Waals surface area (Å²) in [5.41, 5.74) is -7.24. The number of benzene rings is 1. The van der Waals surface area contributed by atoms with Crippen LogP contribution in [0.25, 0.3) is 0 Å². The van der Waals surface area contributed by atoms with Crippen LogP contribution in [0.3, 0.4) is 0 Å². The van der Waals surface area contributed by atoms with Crippen molar-refractivity contribution in [2.75, 3.05) is 0 Å². The lowest BCUT2D eigenvalue weighted by atomic mass is 10.1. The maximum Gasteiger partial charge on any atom is 0.534 e. The predicted molar refractivity (Wildman–Crippen MR) is 51.7 cm³/mol. The van der Waals surface area contributed by atoms with Gasteiger partial charge in [0.25, 0.3) is 6.43 Å². The third-order valence-electron chi connectivity index (χ3n) is 2.06. The summed E-state index contributed by atoms with van der Waals surface area (Å²) in [6.07, 6.45) is -3.32. The molecule has 0 unspecified atom stereocenters. The lowest BCUT2D eigenvalue weighted by Crippen LogP contribution is -2.28. The van der Waals surface area contributed by atoms with Gasteiger partial charge in [0.05, 0.1) is 5.56 Å². The van der Waals surface area contributed by atoms with E-state index in [0.29, 0.717) is 6.07 Å². The molecule has 0 aliphatic carbocycles. The summed E-state index contributed by atoms with van der Waals surface area (Å²) in [6, 6.07) is 1.35. The van der Waals surface area contributed by atoms with Crippen molar-refractivity contribution in [1.82, 2.24) is 0 Å². The minimum Gasteiger partial charge on any atom is -0.373 e. The van der Waals surface area contributed by atoms with E-state index in [1.165, 1.54) is 0 Å². The van der Waals surface area contributed by atoms with Gasteiger partial charge in [-0.25, -0.2) is 13.2 Å². The largest absolute Gasteiger partial charge is 0.534 e. The molecule has 3 nitrogen and oxygen atoms in total. The van der Waals surface area contributed by atoms with Gasteiger partial charge in [0.1, 0.15) is 0 Å². The second-order valence-corrected chi connectivity index (χ2v) is 4.93. The fourth-order valence-corrected chi connectivity index (χ4v) is 1.63. The Morgan fingerprint density at radius 3 is 2.16 bits per heavy atom. The van der Waals surface area contributed by atoms with Gasteiger partial charge in [0.2, 0.25) is 0 Å². The fourth-order valence-electron chi connectivity index (χ4n) is 1.17. The lowest BCUT2D eigenvalue weighted by Gasteiger charge is -2.13. The molecule has 0 fully saturated rings. The maximum atomic E-state index is 13.5. The summed E-state index contributed by atoms with van der Waals surface area (Å²) >= 11 is 0. The number of halogens is 6. The molecule has 0 bridgehead atoms. The van der Waals surface area contributed by atoms with Gasteiger partial charge in [0, 0.05) is 0 Å². The molecule has 0 spiro atoms. The third-order valence-corrected chi connectivity index (χ3v) is 3.03. The van der Waals surface area contributed by atoms with Gasteiger partial charge in [-0.1, -0.05) is 6.07 Å². The van der Waals surface area contributed by atoms with Crippen LogP contribution >= 0.6 is 0 Å². The molecule has 0 N–H and O–H groups in total. The van der Waals surface area contributed by atoms with Crippen LogP contribution in [0.15, 0.2) is 12.1 Å². The highest BCUT2D eigenvalue weighted by atomic mass is 32.2. The van der Waals surface area contributed by atoms with Crippen LogP contribution in [0.1, 0.15) is 17.6 Å². The zero-order valence-electron chi connectivity index (χ0n) is 9.13. The first-order valence-corrected chi connectivity index (χ1v) is 5.96. The Morgan fingerprint density at radius 2 is 1.74 bits per heavy atom. The Kier molecular flexibility index (Phi) is 4.03. The van der Waals surface area contributed by atoms with Crippen molar-refractivity contribution in [3.8, 4) is 5.75 Å². The molecule has 108 valence electrons. The van der Waals surface area contributed by atoms with Crippen molar-refractivity contribution in [2.24, 2.45) is 0 Å². The number of rotatable bonds is 3. The minimum atomic E-state index is -6.11. The highest BCUT2D eigenvalue weighted by molar-refractivity contribution is 7.88. The second-order valence-electron chi connectivity index (χ2n) is 3.39. The smallest absolute Gasteiger partial charge is 0.373 e. The molecule has 0 radical (unpaired) electrons. The molecule has 19 heavy (non-hydrogen) atoms. The maximum absolute atomic E-state index is 13.5. The van der Waals surface area contributed by atoms with Gasteiger partial charge >= 0.3 is 15.6 Å². The number of aryl methyl sites for hydroxylation is 1. The van der Waals surface area contributed by atoms with Crippen LogP contribution in [0.5, 0.6) is 5.75 Å². The predicted octanol–water partition coefficient (Wildman–Crippen LogP) is 3.30. The topological polar surface area (TPSA) is 43.4 Å². The molecule has 1 aromatic carbocycles. The summed E-state index contributed by atoms with van der Waals surface area (Å²) in [7, 11) is -6.11. The van der Waals surface area contributed by atoms with Crippen LogP contribution in [0.2, 0.25) is 0 Å². The van der Waals surface area contributed by atoms with Crippen molar-refractivity contribution in [1.29, 1.82) is 0 Å². The first-order chi connectivity index (χ1) is 8.47. The Balaban J connectivity index is 3.29. The molecule has 0 aromatic heterocycles. The molecule has 0 atom stereocenters. The fraction of sp³-hybridized carbons (Fsp3) is 0.333. The standard InChI is InChI=1S/C9H6F6O3S/c1-4-2-3-5(7(10)6(4)8(11)12)18-19(16,17)9(13,14)15/h2-3,8H,1H3. The summed E-state index contributed by atoms with van der Waals surface area (Å²) in [4.78, 5) is 0. The SMILES string of the molecule is Cc1ccc(OS(=O)(=O)C(F)(F)F)c(F)c1C(F)F. The molecule has 0 saturated heterocycles. The van der Waals surface area contributed by atoms with Crippen molar-refractivity contribution >= 4 is 10.1 Å². The van der Waals surface area contributed by atoms with Gasteiger partial charge in [-0.15, -0.1) is 0 Å². The molecule has 0 amide bonds. The lowest BCUT2D eigenvalue weighted by molar-refractivity contribution is -0.0501. The van der Waals surface area contributed by atoms with Crippen LogP contribution in [0, 0.1) is 12.7 Å². The first kappa shape index (κ1) is 15.6.